The molecule has 0 saturated carbocycles. The molecule has 2 atom stereocenters. The second-order valence-electron chi connectivity index (χ2n) is 3.19. The lowest BCUT2D eigenvalue weighted by molar-refractivity contribution is 0.279. The van der Waals surface area contributed by atoms with Crippen molar-refractivity contribution in [1.29, 1.82) is 5.41 Å². The largest absolute Gasteiger partial charge is 0.482 e. The van der Waals surface area contributed by atoms with Crippen molar-refractivity contribution in [2.45, 2.75) is 44.8 Å². The van der Waals surface area contributed by atoms with Crippen LogP contribution in [-0.2, 0) is 9.47 Å². The molecule has 0 bridgehead atoms. The highest BCUT2D eigenvalue weighted by Gasteiger charge is 2.59. The molecule has 70 valence electrons. The first-order chi connectivity index (χ1) is 5.71. The lowest BCUT2D eigenvalue weighted by Gasteiger charge is -2.11. The maximum atomic E-state index is 7.59. The molecular weight excluding hydrogens is 154 g/mol. The van der Waals surface area contributed by atoms with E-state index in [1.165, 1.54) is 7.11 Å². The minimum Gasteiger partial charge on any atom is -0.482 e. The van der Waals surface area contributed by atoms with Crippen molar-refractivity contribution in [3.8, 4) is 0 Å². The predicted octanol–water partition coefficient (Wildman–Crippen LogP) is 1.96. The summed E-state index contributed by atoms with van der Waals surface area (Å²) >= 11 is 0. The SMILES string of the molecule is CCCC1(C(=N)OC)OC1CC. The van der Waals surface area contributed by atoms with Crippen LogP contribution in [0.3, 0.4) is 0 Å². The summed E-state index contributed by atoms with van der Waals surface area (Å²) in [6.45, 7) is 4.17. The van der Waals surface area contributed by atoms with Gasteiger partial charge >= 0.3 is 0 Å². The zero-order valence-electron chi connectivity index (χ0n) is 8.02. The Kier molecular flexibility index (Phi) is 2.73. The van der Waals surface area contributed by atoms with E-state index in [-0.39, 0.29) is 17.6 Å². The number of nitrogens with one attached hydrogen (secondary N) is 1. The van der Waals surface area contributed by atoms with Gasteiger partial charge in [-0.05, 0) is 12.8 Å². The summed E-state index contributed by atoms with van der Waals surface area (Å²) in [5, 5.41) is 7.59. The van der Waals surface area contributed by atoms with Crippen molar-refractivity contribution < 1.29 is 9.47 Å². The molecule has 1 N–H and O–H groups in total. The molecular formula is C9H17NO2. The van der Waals surface area contributed by atoms with Crippen LogP contribution < -0.4 is 0 Å². The summed E-state index contributed by atoms with van der Waals surface area (Å²) in [5.74, 6) is 0.288. The van der Waals surface area contributed by atoms with Gasteiger partial charge in [0, 0.05) is 0 Å². The summed E-state index contributed by atoms with van der Waals surface area (Å²) in [6, 6.07) is 0. The molecule has 1 heterocycles. The van der Waals surface area contributed by atoms with E-state index in [1.54, 1.807) is 0 Å². The van der Waals surface area contributed by atoms with Gasteiger partial charge in [-0.2, -0.15) is 0 Å². The zero-order valence-corrected chi connectivity index (χ0v) is 8.02. The molecule has 1 aliphatic rings. The summed E-state index contributed by atoms with van der Waals surface area (Å²) in [4.78, 5) is 0. The number of ether oxygens (including phenoxy) is 2. The molecule has 0 aliphatic carbocycles. The van der Waals surface area contributed by atoms with E-state index >= 15 is 0 Å². The molecule has 0 spiro atoms. The molecule has 0 aromatic carbocycles. The minimum absolute atomic E-state index is 0.213. The van der Waals surface area contributed by atoms with E-state index in [1.807, 2.05) is 0 Å². The van der Waals surface area contributed by atoms with E-state index in [0.717, 1.165) is 19.3 Å². The van der Waals surface area contributed by atoms with Gasteiger partial charge in [0.05, 0.1) is 13.2 Å². The quantitative estimate of drug-likeness (QED) is 0.399. The third-order valence-electron chi connectivity index (χ3n) is 2.40. The van der Waals surface area contributed by atoms with Gasteiger partial charge in [0.15, 0.2) is 5.60 Å². The maximum Gasteiger partial charge on any atom is 0.216 e. The Balaban J connectivity index is 2.58. The van der Waals surface area contributed by atoms with Crippen LogP contribution in [0, 0.1) is 5.41 Å². The van der Waals surface area contributed by atoms with Crippen LogP contribution in [0.25, 0.3) is 0 Å². The van der Waals surface area contributed by atoms with Gasteiger partial charge in [-0.15, -0.1) is 0 Å². The van der Waals surface area contributed by atoms with Gasteiger partial charge in [-0.1, -0.05) is 20.3 Å². The Bertz CT molecular complexity index is 181. The fourth-order valence-corrected chi connectivity index (χ4v) is 1.71. The van der Waals surface area contributed by atoms with Crippen molar-refractivity contribution >= 4 is 5.90 Å². The standard InChI is InChI=1S/C9H17NO2/c1-4-6-9(8(10)11-3)7(5-2)12-9/h7,10H,4-6H2,1-3H3. The molecule has 2 unspecified atom stereocenters. The Hall–Kier alpha value is -0.570. The molecule has 3 heteroatoms. The summed E-state index contributed by atoms with van der Waals surface area (Å²) < 4.78 is 10.4. The number of rotatable bonds is 4. The average molecular weight is 171 g/mol. The topological polar surface area (TPSA) is 45.6 Å². The third-order valence-corrected chi connectivity index (χ3v) is 2.40. The van der Waals surface area contributed by atoms with E-state index in [2.05, 4.69) is 13.8 Å². The van der Waals surface area contributed by atoms with Crippen molar-refractivity contribution in [2.75, 3.05) is 7.11 Å². The van der Waals surface area contributed by atoms with E-state index in [0.29, 0.717) is 0 Å². The van der Waals surface area contributed by atoms with Crippen molar-refractivity contribution in [1.82, 2.24) is 0 Å². The fourth-order valence-electron chi connectivity index (χ4n) is 1.71. The van der Waals surface area contributed by atoms with Crippen LogP contribution in [-0.4, -0.2) is 24.7 Å². The highest BCUT2D eigenvalue weighted by Crippen LogP contribution is 2.43. The Morgan fingerprint density at radius 1 is 1.58 bits per heavy atom. The molecule has 0 radical (unpaired) electrons. The average Bonchev–Trinajstić information content (AvgIpc) is 2.79. The normalized spacial score (nSPS) is 33.1. The van der Waals surface area contributed by atoms with Gasteiger partial charge in [0.2, 0.25) is 5.90 Å². The highest BCUT2D eigenvalue weighted by atomic mass is 16.6. The van der Waals surface area contributed by atoms with Gasteiger partial charge in [0.1, 0.15) is 0 Å². The second kappa shape index (κ2) is 3.44. The van der Waals surface area contributed by atoms with Crippen LogP contribution >= 0.6 is 0 Å². The molecule has 3 nitrogen and oxygen atoms in total. The van der Waals surface area contributed by atoms with Crippen LogP contribution in [0.15, 0.2) is 0 Å². The first-order valence-corrected chi connectivity index (χ1v) is 4.52. The predicted molar refractivity (Wildman–Crippen MR) is 47.5 cm³/mol. The Labute approximate surface area is 73.6 Å². The molecule has 1 rings (SSSR count). The van der Waals surface area contributed by atoms with E-state index in [4.69, 9.17) is 14.9 Å². The monoisotopic (exact) mass is 171 g/mol. The molecule has 0 aromatic heterocycles. The van der Waals surface area contributed by atoms with Gasteiger partial charge < -0.3 is 9.47 Å². The number of epoxide rings is 1. The second-order valence-corrected chi connectivity index (χ2v) is 3.19. The van der Waals surface area contributed by atoms with Crippen molar-refractivity contribution in [3.63, 3.8) is 0 Å². The Morgan fingerprint density at radius 2 is 2.25 bits per heavy atom. The smallest absolute Gasteiger partial charge is 0.216 e. The fraction of sp³-hybridized carbons (Fsp3) is 0.889. The zero-order chi connectivity index (χ0) is 9.19. The number of methoxy groups -OCH3 is 1. The van der Waals surface area contributed by atoms with Crippen LogP contribution in [0.5, 0.6) is 0 Å². The molecule has 1 fully saturated rings. The molecule has 0 aromatic rings. The van der Waals surface area contributed by atoms with Gasteiger partial charge in [0.25, 0.3) is 0 Å². The lowest BCUT2D eigenvalue weighted by atomic mass is 9.98. The summed E-state index contributed by atoms with van der Waals surface area (Å²) in [7, 11) is 1.54. The highest BCUT2D eigenvalue weighted by molar-refractivity contribution is 5.85. The molecule has 1 saturated heterocycles. The molecule has 0 amide bonds. The first kappa shape index (κ1) is 9.52. The van der Waals surface area contributed by atoms with Crippen LogP contribution in [0.4, 0.5) is 0 Å². The van der Waals surface area contributed by atoms with Crippen LogP contribution in [0.1, 0.15) is 33.1 Å². The first-order valence-electron chi connectivity index (χ1n) is 4.52. The van der Waals surface area contributed by atoms with E-state index in [9.17, 15) is 0 Å². The third kappa shape index (κ3) is 1.33. The summed E-state index contributed by atoms with van der Waals surface area (Å²) in [5.41, 5.74) is -0.363. The van der Waals surface area contributed by atoms with Crippen LogP contribution in [0.2, 0.25) is 0 Å². The number of hydrogen-bond donors (Lipinski definition) is 1. The lowest BCUT2D eigenvalue weighted by Crippen LogP contribution is -2.27. The molecule has 1 aliphatic heterocycles. The van der Waals surface area contributed by atoms with Crippen molar-refractivity contribution in [2.24, 2.45) is 0 Å². The number of hydrogen-bond acceptors (Lipinski definition) is 3. The summed E-state index contributed by atoms with van der Waals surface area (Å²) in [6.07, 6.45) is 3.11. The Morgan fingerprint density at radius 3 is 2.58 bits per heavy atom. The van der Waals surface area contributed by atoms with Gasteiger partial charge in [-0.25, -0.2) is 0 Å². The molecule has 12 heavy (non-hydrogen) atoms. The minimum atomic E-state index is -0.363. The van der Waals surface area contributed by atoms with Gasteiger partial charge in [-0.3, -0.25) is 5.41 Å². The van der Waals surface area contributed by atoms with E-state index < -0.39 is 0 Å². The van der Waals surface area contributed by atoms with Crippen molar-refractivity contribution in [3.05, 3.63) is 0 Å². The maximum absolute atomic E-state index is 7.59.